The first kappa shape index (κ1) is 23.5. The number of nitrogens with two attached hydrogens (primary N) is 2. The van der Waals surface area contributed by atoms with E-state index in [1.807, 2.05) is 0 Å². The third-order valence-electron chi connectivity index (χ3n) is 5.46. The van der Waals surface area contributed by atoms with Gasteiger partial charge in [0.2, 0.25) is 5.91 Å². The molecule has 34 heavy (non-hydrogen) atoms. The van der Waals surface area contributed by atoms with Gasteiger partial charge < -0.3 is 16.6 Å². The molecule has 1 aromatic heterocycles. The molecule has 0 atom stereocenters. The number of aromatic hydroxyl groups is 1. The molecule has 0 aliphatic carbocycles. The van der Waals surface area contributed by atoms with Crippen molar-refractivity contribution in [3.05, 3.63) is 104 Å². The number of carbonyl (C=O) groups is 2. The summed E-state index contributed by atoms with van der Waals surface area (Å²) in [5.74, 6) is -3.27. The van der Waals surface area contributed by atoms with E-state index in [4.69, 9.17) is 34.7 Å². The van der Waals surface area contributed by atoms with Crippen LogP contribution in [0, 0.1) is 5.82 Å². The Kier molecular flexibility index (Phi) is 6.41. The fourth-order valence-electron chi connectivity index (χ4n) is 3.89. The fraction of sp³-hybridized carbons (Fsp3) is 0.0800. The van der Waals surface area contributed by atoms with Crippen molar-refractivity contribution in [3.63, 3.8) is 0 Å². The summed E-state index contributed by atoms with van der Waals surface area (Å²) < 4.78 is 15.1. The van der Waals surface area contributed by atoms with Gasteiger partial charge in [-0.2, -0.15) is 0 Å². The molecule has 0 fully saturated rings. The highest BCUT2D eigenvalue weighted by atomic mass is 35.5. The van der Waals surface area contributed by atoms with Gasteiger partial charge in [-0.1, -0.05) is 47.5 Å². The fourth-order valence-corrected chi connectivity index (χ4v) is 4.14. The number of fused-ring (bicyclic) bond motifs is 1. The standard InChI is InChI=1S/C25H18Cl2FN3O3/c26-14-5-1-12(2-6-14)9-16-17(24(29)33)11-18(28)22-20(16)23(32)21(25(30)34)19(31-22)10-13-3-7-15(27)8-4-13/h1-8,11H,9-10H2,(H2,29,33)(H2,30,34)(H,31,32). The lowest BCUT2D eigenvalue weighted by atomic mass is 9.92. The van der Waals surface area contributed by atoms with Crippen molar-refractivity contribution in [2.75, 3.05) is 0 Å². The maximum atomic E-state index is 15.1. The van der Waals surface area contributed by atoms with Crippen molar-refractivity contribution >= 4 is 45.9 Å². The number of primary amides is 2. The zero-order valence-corrected chi connectivity index (χ0v) is 19.1. The van der Waals surface area contributed by atoms with Crippen molar-refractivity contribution in [3.8, 4) is 5.75 Å². The van der Waals surface area contributed by atoms with Gasteiger partial charge in [0, 0.05) is 22.0 Å². The Hall–Kier alpha value is -3.68. The van der Waals surface area contributed by atoms with E-state index in [1.165, 1.54) is 0 Å². The van der Waals surface area contributed by atoms with Gasteiger partial charge in [-0.25, -0.2) is 9.37 Å². The molecule has 0 spiro atoms. The van der Waals surface area contributed by atoms with Gasteiger partial charge in [0.15, 0.2) is 0 Å². The molecule has 0 aliphatic heterocycles. The maximum Gasteiger partial charge on any atom is 0.254 e. The van der Waals surface area contributed by atoms with Crippen LogP contribution in [0.25, 0.3) is 10.9 Å². The normalized spacial score (nSPS) is 11.0. The van der Waals surface area contributed by atoms with E-state index < -0.39 is 23.4 Å². The van der Waals surface area contributed by atoms with Crippen LogP contribution in [0.1, 0.15) is 43.1 Å². The van der Waals surface area contributed by atoms with Gasteiger partial charge in [-0.05, 0) is 53.4 Å². The number of amides is 2. The van der Waals surface area contributed by atoms with Gasteiger partial charge in [0.25, 0.3) is 5.91 Å². The second-order valence-electron chi connectivity index (χ2n) is 7.73. The Bertz CT molecular complexity index is 1440. The maximum absolute atomic E-state index is 15.1. The third-order valence-corrected chi connectivity index (χ3v) is 5.96. The first-order valence-corrected chi connectivity index (χ1v) is 10.9. The number of halogens is 3. The summed E-state index contributed by atoms with van der Waals surface area (Å²) in [4.78, 5) is 28.8. The van der Waals surface area contributed by atoms with Crippen molar-refractivity contribution in [2.45, 2.75) is 12.8 Å². The number of rotatable bonds is 6. The highest BCUT2D eigenvalue weighted by molar-refractivity contribution is 6.30. The van der Waals surface area contributed by atoms with E-state index in [2.05, 4.69) is 4.98 Å². The minimum absolute atomic E-state index is 0.0858. The van der Waals surface area contributed by atoms with Crippen LogP contribution in [0.4, 0.5) is 4.39 Å². The summed E-state index contributed by atoms with van der Waals surface area (Å²) in [6, 6.07) is 14.5. The Morgan fingerprint density at radius 2 is 1.41 bits per heavy atom. The predicted octanol–water partition coefficient (Wildman–Crippen LogP) is 4.77. The van der Waals surface area contributed by atoms with E-state index in [0.29, 0.717) is 21.2 Å². The van der Waals surface area contributed by atoms with Crippen LogP contribution in [0.15, 0.2) is 54.6 Å². The molecule has 0 aliphatic rings. The number of aromatic nitrogens is 1. The molecule has 3 aromatic carbocycles. The zero-order valence-electron chi connectivity index (χ0n) is 17.6. The minimum atomic E-state index is -0.946. The summed E-state index contributed by atoms with van der Waals surface area (Å²) in [5.41, 5.74) is 12.2. The molecule has 172 valence electrons. The van der Waals surface area contributed by atoms with E-state index in [1.54, 1.807) is 48.5 Å². The van der Waals surface area contributed by atoms with Crippen LogP contribution >= 0.6 is 23.2 Å². The average Bonchev–Trinajstić information content (AvgIpc) is 2.78. The molecule has 9 heteroatoms. The summed E-state index contributed by atoms with van der Waals surface area (Å²) >= 11 is 11.9. The molecule has 6 nitrogen and oxygen atoms in total. The van der Waals surface area contributed by atoms with E-state index in [-0.39, 0.29) is 46.1 Å². The third kappa shape index (κ3) is 4.53. The van der Waals surface area contributed by atoms with Crippen LogP contribution in [-0.4, -0.2) is 21.9 Å². The topological polar surface area (TPSA) is 119 Å². The van der Waals surface area contributed by atoms with Crippen LogP contribution in [0.3, 0.4) is 0 Å². The molecule has 0 unspecified atom stereocenters. The average molecular weight is 498 g/mol. The van der Waals surface area contributed by atoms with Crippen molar-refractivity contribution in [1.82, 2.24) is 4.98 Å². The number of nitrogens with zero attached hydrogens (tertiary/aromatic N) is 1. The molecule has 2 amide bonds. The monoisotopic (exact) mass is 497 g/mol. The molecular formula is C25H18Cl2FN3O3. The molecule has 5 N–H and O–H groups in total. The van der Waals surface area contributed by atoms with Gasteiger partial charge in [0.05, 0.1) is 11.1 Å². The SMILES string of the molecule is NC(=O)c1cc(F)c2nc(Cc3ccc(Cl)cc3)c(C(N)=O)c(O)c2c1Cc1ccc(Cl)cc1. The van der Waals surface area contributed by atoms with Crippen LogP contribution in [0.5, 0.6) is 5.75 Å². The highest BCUT2D eigenvalue weighted by Gasteiger charge is 2.26. The lowest BCUT2D eigenvalue weighted by Crippen LogP contribution is -2.18. The lowest BCUT2D eigenvalue weighted by molar-refractivity contribution is 0.0990. The van der Waals surface area contributed by atoms with Crippen LogP contribution < -0.4 is 11.5 Å². The largest absolute Gasteiger partial charge is 0.506 e. The second-order valence-corrected chi connectivity index (χ2v) is 8.60. The van der Waals surface area contributed by atoms with Crippen LogP contribution in [0.2, 0.25) is 10.0 Å². The molecule has 1 heterocycles. The number of carbonyl (C=O) groups excluding carboxylic acids is 2. The van der Waals surface area contributed by atoms with Crippen molar-refractivity contribution in [1.29, 1.82) is 0 Å². The van der Waals surface area contributed by atoms with Gasteiger partial charge >= 0.3 is 0 Å². The smallest absolute Gasteiger partial charge is 0.254 e. The first-order valence-electron chi connectivity index (χ1n) is 10.1. The molecule has 0 radical (unpaired) electrons. The quantitative estimate of drug-likeness (QED) is 0.355. The summed E-state index contributed by atoms with van der Waals surface area (Å²) in [6.07, 6.45) is 0.179. The summed E-state index contributed by atoms with van der Waals surface area (Å²) in [6.45, 7) is 0. The van der Waals surface area contributed by atoms with E-state index in [9.17, 15) is 14.7 Å². The Morgan fingerprint density at radius 3 is 1.91 bits per heavy atom. The molecule has 0 bridgehead atoms. The number of hydrogen-bond donors (Lipinski definition) is 3. The van der Waals surface area contributed by atoms with E-state index >= 15 is 4.39 Å². The molecule has 0 saturated carbocycles. The number of hydrogen-bond acceptors (Lipinski definition) is 4. The van der Waals surface area contributed by atoms with Crippen LogP contribution in [-0.2, 0) is 12.8 Å². The highest BCUT2D eigenvalue weighted by Crippen LogP contribution is 2.37. The minimum Gasteiger partial charge on any atom is -0.506 e. The van der Waals surface area contributed by atoms with Gasteiger partial charge in [0.1, 0.15) is 22.6 Å². The van der Waals surface area contributed by atoms with Gasteiger partial charge in [-0.3, -0.25) is 9.59 Å². The predicted molar refractivity (Wildman–Crippen MR) is 129 cm³/mol. The van der Waals surface area contributed by atoms with Crippen molar-refractivity contribution < 1.29 is 19.1 Å². The van der Waals surface area contributed by atoms with Gasteiger partial charge in [-0.15, -0.1) is 0 Å². The second kappa shape index (κ2) is 9.29. The Balaban J connectivity index is 1.99. The number of pyridine rings is 1. The zero-order chi connectivity index (χ0) is 24.6. The first-order chi connectivity index (χ1) is 16.2. The summed E-state index contributed by atoms with van der Waals surface area (Å²) in [7, 11) is 0. The lowest BCUT2D eigenvalue weighted by Gasteiger charge is -2.17. The Morgan fingerprint density at radius 1 is 0.882 bits per heavy atom. The molecule has 4 rings (SSSR count). The number of benzene rings is 3. The Labute approximate surface area is 203 Å². The summed E-state index contributed by atoms with van der Waals surface area (Å²) in [5, 5.41) is 12.1. The van der Waals surface area contributed by atoms with Crippen molar-refractivity contribution in [2.24, 2.45) is 11.5 Å². The molecule has 4 aromatic rings. The molecular weight excluding hydrogens is 480 g/mol. The molecule has 0 saturated heterocycles. The van der Waals surface area contributed by atoms with E-state index in [0.717, 1.165) is 6.07 Å².